The van der Waals surface area contributed by atoms with Gasteiger partial charge in [0, 0.05) is 9.13 Å². The standard InChI is InChI=1S/C9H7FIN/c1-2-7-8(10)4-3-6(5-12)9(7)11/h3-4H,2H2,1H3. The summed E-state index contributed by atoms with van der Waals surface area (Å²) in [6.07, 6.45) is 0.625. The Kier molecular flexibility index (Phi) is 3.04. The van der Waals surface area contributed by atoms with E-state index in [-0.39, 0.29) is 5.82 Å². The van der Waals surface area contributed by atoms with Crippen molar-refractivity contribution in [2.24, 2.45) is 0 Å². The fraction of sp³-hybridized carbons (Fsp3) is 0.222. The predicted octanol–water partition coefficient (Wildman–Crippen LogP) is 2.86. The van der Waals surface area contributed by atoms with Crippen LogP contribution in [0, 0.1) is 20.7 Å². The van der Waals surface area contributed by atoms with Gasteiger partial charge < -0.3 is 0 Å². The molecule has 0 N–H and O–H groups in total. The molecule has 0 aromatic heterocycles. The van der Waals surface area contributed by atoms with Crippen molar-refractivity contribution >= 4 is 22.6 Å². The molecular formula is C9H7FIN. The van der Waals surface area contributed by atoms with Crippen molar-refractivity contribution in [3.05, 3.63) is 32.6 Å². The average molecular weight is 275 g/mol. The maximum atomic E-state index is 13.1. The lowest BCUT2D eigenvalue weighted by atomic mass is 10.1. The molecule has 1 rings (SSSR count). The van der Waals surface area contributed by atoms with E-state index in [0.717, 1.165) is 3.57 Å². The molecule has 0 aliphatic carbocycles. The summed E-state index contributed by atoms with van der Waals surface area (Å²) in [5.74, 6) is -0.221. The summed E-state index contributed by atoms with van der Waals surface area (Å²) in [4.78, 5) is 0. The van der Waals surface area contributed by atoms with E-state index in [1.165, 1.54) is 12.1 Å². The van der Waals surface area contributed by atoms with E-state index in [0.29, 0.717) is 17.5 Å². The third kappa shape index (κ3) is 1.58. The largest absolute Gasteiger partial charge is 0.207 e. The van der Waals surface area contributed by atoms with Crippen LogP contribution < -0.4 is 0 Å². The zero-order chi connectivity index (χ0) is 9.14. The van der Waals surface area contributed by atoms with Crippen molar-refractivity contribution < 1.29 is 4.39 Å². The summed E-state index contributed by atoms with van der Waals surface area (Å²) in [7, 11) is 0. The van der Waals surface area contributed by atoms with E-state index >= 15 is 0 Å². The molecule has 1 nitrogen and oxygen atoms in total. The summed E-state index contributed by atoms with van der Waals surface area (Å²) in [6.45, 7) is 1.88. The van der Waals surface area contributed by atoms with Gasteiger partial charge in [-0.25, -0.2) is 4.39 Å². The van der Waals surface area contributed by atoms with Gasteiger partial charge >= 0.3 is 0 Å². The summed E-state index contributed by atoms with van der Waals surface area (Å²) >= 11 is 2.00. The smallest absolute Gasteiger partial charge is 0.127 e. The highest BCUT2D eigenvalue weighted by Gasteiger charge is 2.08. The van der Waals surface area contributed by atoms with E-state index < -0.39 is 0 Å². The number of rotatable bonds is 1. The quantitative estimate of drug-likeness (QED) is 0.723. The third-order valence-electron chi connectivity index (χ3n) is 1.66. The molecule has 1 aromatic rings. The number of benzene rings is 1. The Bertz CT molecular complexity index is 341. The maximum absolute atomic E-state index is 13.1. The lowest BCUT2D eigenvalue weighted by Gasteiger charge is -2.03. The monoisotopic (exact) mass is 275 g/mol. The van der Waals surface area contributed by atoms with Crippen LogP contribution in [-0.2, 0) is 6.42 Å². The molecule has 0 aliphatic rings. The lowest BCUT2D eigenvalue weighted by molar-refractivity contribution is 0.610. The average Bonchev–Trinajstić information content (AvgIpc) is 2.06. The van der Waals surface area contributed by atoms with Gasteiger partial charge in [0.15, 0.2) is 0 Å². The predicted molar refractivity (Wildman–Crippen MR) is 53.2 cm³/mol. The fourth-order valence-electron chi connectivity index (χ4n) is 1.01. The molecule has 0 fully saturated rings. The molecule has 0 amide bonds. The van der Waals surface area contributed by atoms with Gasteiger partial charge in [0.1, 0.15) is 11.9 Å². The number of hydrogen-bond donors (Lipinski definition) is 0. The number of hydrogen-bond acceptors (Lipinski definition) is 1. The second-order valence-corrected chi connectivity index (χ2v) is 3.43. The molecule has 0 radical (unpaired) electrons. The van der Waals surface area contributed by atoms with Crippen molar-refractivity contribution in [2.75, 3.05) is 0 Å². The van der Waals surface area contributed by atoms with Crippen molar-refractivity contribution in [2.45, 2.75) is 13.3 Å². The van der Waals surface area contributed by atoms with Crippen LogP contribution in [0.3, 0.4) is 0 Å². The SMILES string of the molecule is CCc1c(F)ccc(C#N)c1I. The second-order valence-electron chi connectivity index (χ2n) is 2.35. The fourth-order valence-corrected chi connectivity index (χ4v) is 1.95. The van der Waals surface area contributed by atoms with Gasteiger partial charge in [-0.2, -0.15) is 5.26 Å². The summed E-state index contributed by atoms with van der Waals surface area (Å²) in [5.41, 5.74) is 1.18. The Morgan fingerprint density at radius 2 is 2.25 bits per heavy atom. The van der Waals surface area contributed by atoms with E-state index in [1.807, 2.05) is 35.6 Å². The molecule has 0 atom stereocenters. The molecule has 0 saturated carbocycles. The Balaban J connectivity index is 3.36. The number of nitriles is 1. The van der Waals surface area contributed by atoms with Crippen LogP contribution in [0.5, 0.6) is 0 Å². The van der Waals surface area contributed by atoms with Crippen LogP contribution in [0.2, 0.25) is 0 Å². The highest BCUT2D eigenvalue weighted by atomic mass is 127. The minimum atomic E-state index is -0.221. The highest BCUT2D eigenvalue weighted by molar-refractivity contribution is 14.1. The van der Waals surface area contributed by atoms with Gasteiger partial charge in [-0.3, -0.25) is 0 Å². The van der Waals surface area contributed by atoms with Crippen LogP contribution in [-0.4, -0.2) is 0 Å². The molecule has 62 valence electrons. The molecular weight excluding hydrogens is 268 g/mol. The number of nitrogens with zero attached hydrogens (tertiary/aromatic N) is 1. The zero-order valence-electron chi connectivity index (χ0n) is 6.56. The van der Waals surface area contributed by atoms with Gasteiger partial charge in [-0.15, -0.1) is 0 Å². The summed E-state index contributed by atoms with van der Waals surface area (Å²) < 4.78 is 13.8. The van der Waals surface area contributed by atoms with Crippen LogP contribution in [0.4, 0.5) is 4.39 Å². The molecule has 0 heterocycles. The van der Waals surface area contributed by atoms with Crippen molar-refractivity contribution in [1.82, 2.24) is 0 Å². The zero-order valence-corrected chi connectivity index (χ0v) is 8.72. The minimum absolute atomic E-state index is 0.221. The van der Waals surface area contributed by atoms with Crippen LogP contribution in [0.15, 0.2) is 12.1 Å². The van der Waals surface area contributed by atoms with Gasteiger partial charge in [0.2, 0.25) is 0 Å². The molecule has 12 heavy (non-hydrogen) atoms. The second kappa shape index (κ2) is 3.85. The Morgan fingerprint density at radius 3 is 2.75 bits per heavy atom. The van der Waals surface area contributed by atoms with E-state index in [9.17, 15) is 4.39 Å². The first-order chi connectivity index (χ1) is 5.70. The first-order valence-electron chi connectivity index (χ1n) is 3.57. The molecule has 3 heteroatoms. The third-order valence-corrected chi connectivity index (χ3v) is 2.89. The molecule has 0 saturated heterocycles. The Labute approximate surface area is 84.3 Å². The van der Waals surface area contributed by atoms with Gasteiger partial charge in [0.25, 0.3) is 0 Å². The topological polar surface area (TPSA) is 23.8 Å². The molecule has 0 aliphatic heterocycles. The van der Waals surface area contributed by atoms with Gasteiger partial charge in [-0.05, 0) is 41.1 Å². The Morgan fingerprint density at radius 1 is 1.58 bits per heavy atom. The lowest BCUT2D eigenvalue weighted by Crippen LogP contribution is -1.95. The molecule has 1 aromatic carbocycles. The minimum Gasteiger partial charge on any atom is -0.207 e. The van der Waals surface area contributed by atoms with E-state index in [1.54, 1.807) is 0 Å². The summed E-state index contributed by atoms with van der Waals surface area (Å²) in [5, 5.41) is 8.65. The van der Waals surface area contributed by atoms with Crippen molar-refractivity contribution in [1.29, 1.82) is 5.26 Å². The van der Waals surface area contributed by atoms with Gasteiger partial charge in [0.05, 0.1) is 5.56 Å². The van der Waals surface area contributed by atoms with E-state index in [4.69, 9.17) is 5.26 Å². The molecule has 0 unspecified atom stereocenters. The van der Waals surface area contributed by atoms with E-state index in [2.05, 4.69) is 0 Å². The molecule has 0 bridgehead atoms. The van der Waals surface area contributed by atoms with Crippen LogP contribution >= 0.6 is 22.6 Å². The van der Waals surface area contributed by atoms with Crippen molar-refractivity contribution in [3.8, 4) is 6.07 Å². The first kappa shape index (κ1) is 9.46. The Hall–Kier alpha value is -0.630. The highest BCUT2D eigenvalue weighted by Crippen LogP contribution is 2.20. The summed E-state index contributed by atoms with van der Waals surface area (Å²) in [6, 6.07) is 4.88. The van der Waals surface area contributed by atoms with Gasteiger partial charge in [-0.1, -0.05) is 6.92 Å². The maximum Gasteiger partial charge on any atom is 0.127 e. The first-order valence-corrected chi connectivity index (χ1v) is 4.65. The van der Waals surface area contributed by atoms with Crippen LogP contribution in [0.25, 0.3) is 0 Å². The normalized spacial score (nSPS) is 9.50. The van der Waals surface area contributed by atoms with Crippen molar-refractivity contribution in [3.63, 3.8) is 0 Å². The number of halogens is 2. The van der Waals surface area contributed by atoms with Crippen LogP contribution in [0.1, 0.15) is 18.1 Å². The molecule has 0 spiro atoms.